The first-order valence-electron chi connectivity index (χ1n) is 11.5. The molecule has 0 saturated carbocycles. The Bertz CT molecular complexity index is 1100. The van der Waals surface area contributed by atoms with E-state index < -0.39 is 53.8 Å². The number of hydrogen-bond donors (Lipinski definition) is 5. The van der Waals surface area contributed by atoms with Crippen molar-refractivity contribution in [3.63, 3.8) is 0 Å². The summed E-state index contributed by atoms with van der Waals surface area (Å²) >= 11 is 0. The number of nitrogens with zero attached hydrogens (tertiary/aromatic N) is 1. The molecule has 4 rings (SSSR count). The predicted molar refractivity (Wildman–Crippen MR) is 123 cm³/mol. The summed E-state index contributed by atoms with van der Waals surface area (Å²) < 4.78 is 27.5. The number of amides is 2. The van der Waals surface area contributed by atoms with Crippen LogP contribution < -0.4 is 16.4 Å². The second-order valence-corrected chi connectivity index (χ2v) is 8.83. The van der Waals surface area contributed by atoms with Crippen LogP contribution in [0.25, 0.3) is 0 Å². The predicted octanol–water partition coefficient (Wildman–Crippen LogP) is 1.45. The molecule has 0 spiro atoms. The molecule has 1 saturated heterocycles. The van der Waals surface area contributed by atoms with Gasteiger partial charge in [0.2, 0.25) is 0 Å². The van der Waals surface area contributed by atoms with Crippen LogP contribution >= 0.6 is 0 Å². The first-order valence-corrected chi connectivity index (χ1v) is 11.5. The van der Waals surface area contributed by atoms with Crippen molar-refractivity contribution in [2.75, 3.05) is 11.9 Å². The zero-order valence-electron chi connectivity index (χ0n) is 19.2. The van der Waals surface area contributed by atoms with Crippen molar-refractivity contribution in [1.29, 1.82) is 0 Å². The van der Waals surface area contributed by atoms with Crippen LogP contribution in [0, 0.1) is 11.6 Å². The third-order valence-corrected chi connectivity index (χ3v) is 6.61. The van der Waals surface area contributed by atoms with E-state index in [9.17, 15) is 28.6 Å². The lowest BCUT2D eigenvalue weighted by molar-refractivity contribution is -0.352. The van der Waals surface area contributed by atoms with Crippen LogP contribution in [0.3, 0.4) is 0 Å². The highest BCUT2D eigenvalue weighted by Gasteiger charge is 2.49. The molecule has 5 atom stereocenters. The summed E-state index contributed by atoms with van der Waals surface area (Å²) in [7, 11) is 0. The number of hydrogen-bond acceptors (Lipinski definition) is 5. The maximum Gasteiger partial charge on any atom is 0.255 e. The highest BCUT2D eigenvalue weighted by Crippen LogP contribution is 2.53. The van der Waals surface area contributed by atoms with Gasteiger partial charge in [0.25, 0.3) is 11.8 Å². The largest absolute Gasteiger partial charge is 0.380 e. The van der Waals surface area contributed by atoms with E-state index in [1.54, 1.807) is 25.3 Å². The second kappa shape index (κ2) is 10.1. The van der Waals surface area contributed by atoms with Gasteiger partial charge >= 0.3 is 0 Å². The Morgan fingerprint density at radius 2 is 1.66 bits per heavy atom. The smallest absolute Gasteiger partial charge is 0.255 e. The Hall–Kier alpha value is -3.34. The fourth-order valence-electron chi connectivity index (χ4n) is 4.80. The zero-order chi connectivity index (χ0) is 25.3. The molecular weight excluding hydrogens is 458 g/mol. The molecule has 2 amide bonds. The summed E-state index contributed by atoms with van der Waals surface area (Å²) in [5.41, 5.74) is 6.30. The molecule has 8 nitrogen and oxygen atoms in total. The van der Waals surface area contributed by atoms with E-state index in [1.165, 1.54) is 4.90 Å². The summed E-state index contributed by atoms with van der Waals surface area (Å²) in [5.74, 6) is -3.76. The van der Waals surface area contributed by atoms with Crippen molar-refractivity contribution in [3.05, 3.63) is 77.0 Å². The summed E-state index contributed by atoms with van der Waals surface area (Å²) in [6.07, 6.45) is 0.677. The van der Waals surface area contributed by atoms with Crippen LogP contribution in [-0.2, 0) is 9.59 Å². The number of halogens is 2. The molecule has 2 heterocycles. The van der Waals surface area contributed by atoms with Crippen molar-refractivity contribution < 1.29 is 34.3 Å². The molecule has 1 fully saturated rings. The van der Waals surface area contributed by atoms with Crippen LogP contribution in [0.5, 0.6) is 0 Å². The molecule has 2 bridgehead atoms. The number of aliphatic hydroxyl groups excluding tert-OH is 2. The third-order valence-electron chi connectivity index (χ3n) is 6.61. The highest BCUT2D eigenvalue weighted by atomic mass is 19.2. The lowest BCUT2D eigenvalue weighted by Crippen LogP contribution is -2.50. The monoisotopic (exact) mass is 487 g/mol. The summed E-state index contributed by atoms with van der Waals surface area (Å²) in [4.78, 5) is 26.9. The van der Waals surface area contributed by atoms with Crippen LogP contribution in [-0.4, -0.2) is 45.7 Å². The van der Waals surface area contributed by atoms with Gasteiger partial charge in [-0.2, -0.15) is 0 Å². The molecule has 7 N–H and O–H groups in total. The van der Waals surface area contributed by atoms with E-state index in [2.05, 4.69) is 16.4 Å². The van der Waals surface area contributed by atoms with Gasteiger partial charge < -0.3 is 31.5 Å². The SMILES string of the molecule is C[C@@H](NC(=O)[C@H](O)[C@@H](O)C(=O)N1C2CC[C@H]1c1cc(F)c(F)cc12)c1ccc(N/C=C\C[NH3+])cc1. The molecule has 186 valence electrons. The normalized spacial score (nSPS) is 21.0. The third kappa shape index (κ3) is 4.77. The van der Waals surface area contributed by atoms with Crippen molar-refractivity contribution in [1.82, 2.24) is 10.2 Å². The van der Waals surface area contributed by atoms with Crippen LogP contribution in [0.15, 0.2) is 48.7 Å². The molecule has 0 aromatic heterocycles. The van der Waals surface area contributed by atoms with Crippen molar-refractivity contribution >= 4 is 17.5 Å². The van der Waals surface area contributed by atoms with E-state index in [0.29, 0.717) is 30.5 Å². The number of quaternary nitrogens is 1. The maximum absolute atomic E-state index is 13.7. The second-order valence-electron chi connectivity index (χ2n) is 8.83. The number of nitrogens with one attached hydrogen (secondary N) is 2. The molecule has 1 unspecified atom stereocenters. The molecule has 2 aliphatic rings. The molecule has 0 aliphatic carbocycles. The lowest BCUT2D eigenvalue weighted by Gasteiger charge is -2.27. The zero-order valence-corrected chi connectivity index (χ0v) is 19.2. The van der Waals surface area contributed by atoms with Gasteiger partial charge in [-0.25, -0.2) is 8.78 Å². The first-order chi connectivity index (χ1) is 16.7. The number of carbonyl (C=O) groups excluding carboxylic acids is 2. The molecule has 35 heavy (non-hydrogen) atoms. The molecular formula is C25H29F2N4O4+. The van der Waals surface area contributed by atoms with Crippen molar-refractivity contribution in [3.8, 4) is 0 Å². The van der Waals surface area contributed by atoms with E-state index >= 15 is 0 Å². The minimum Gasteiger partial charge on any atom is -0.380 e. The summed E-state index contributed by atoms with van der Waals surface area (Å²) in [6.45, 7) is 2.37. The van der Waals surface area contributed by atoms with Crippen LogP contribution in [0.1, 0.15) is 54.6 Å². The van der Waals surface area contributed by atoms with Gasteiger partial charge in [0.05, 0.1) is 24.7 Å². The van der Waals surface area contributed by atoms with Gasteiger partial charge in [0.1, 0.15) is 0 Å². The Kier molecular flexibility index (Phi) is 7.15. The molecule has 2 aliphatic heterocycles. The number of anilines is 1. The standard InChI is InChI=1S/C25H28F2N4O4/c1-13(14-3-5-15(6-4-14)29-10-2-9-28)30-24(34)22(32)23(33)25(35)31-20-7-8-21(31)17-12-19(27)18(26)11-16(17)20/h2-6,10-13,20-23,29,32-33H,7-9,28H2,1H3,(H,30,34)/p+1/b10-2-/t13-,20+,21?,22-,23-/m1/s1. The lowest BCUT2D eigenvalue weighted by atomic mass is 9.92. The summed E-state index contributed by atoms with van der Waals surface area (Å²) in [5, 5.41) is 26.6. The number of benzene rings is 2. The molecule has 10 heteroatoms. The number of carbonyl (C=O) groups is 2. The minimum absolute atomic E-state index is 0.494. The van der Waals surface area contributed by atoms with Gasteiger partial charge in [-0.05, 0) is 66.8 Å². The first kappa shape index (κ1) is 24.8. The highest BCUT2D eigenvalue weighted by molar-refractivity contribution is 5.91. The van der Waals surface area contributed by atoms with E-state index in [1.807, 2.05) is 18.2 Å². The van der Waals surface area contributed by atoms with Crippen LogP contribution in [0.2, 0.25) is 0 Å². The topological polar surface area (TPSA) is 130 Å². The quantitative estimate of drug-likeness (QED) is 0.385. The number of fused-ring (bicyclic) bond motifs is 5. The van der Waals surface area contributed by atoms with Gasteiger partial charge in [-0.1, -0.05) is 12.1 Å². The maximum atomic E-state index is 13.7. The fraction of sp³-hybridized carbons (Fsp3) is 0.360. The average molecular weight is 488 g/mol. The average Bonchev–Trinajstić information content (AvgIpc) is 3.40. The van der Waals surface area contributed by atoms with Gasteiger partial charge in [0, 0.05) is 11.9 Å². The van der Waals surface area contributed by atoms with Crippen molar-refractivity contribution in [2.45, 2.75) is 50.1 Å². The van der Waals surface area contributed by atoms with Gasteiger partial charge in [0.15, 0.2) is 23.8 Å². The molecule has 2 aromatic carbocycles. The van der Waals surface area contributed by atoms with E-state index in [-0.39, 0.29) is 0 Å². The Balaban J connectivity index is 1.38. The Morgan fingerprint density at radius 1 is 1.09 bits per heavy atom. The number of aliphatic hydroxyl groups is 2. The molecule has 2 aromatic rings. The van der Waals surface area contributed by atoms with Gasteiger partial charge in [-0.15, -0.1) is 0 Å². The molecule has 0 radical (unpaired) electrons. The van der Waals surface area contributed by atoms with E-state index in [0.717, 1.165) is 23.4 Å². The van der Waals surface area contributed by atoms with Crippen molar-refractivity contribution in [2.24, 2.45) is 0 Å². The minimum atomic E-state index is -2.01. The fourth-order valence-corrected chi connectivity index (χ4v) is 4.80. The Morgan fingerprint density at radius 3 is 2.20 bits per heavy atom. The van der Waals surface area contributed by atoms with Gasteiger partial charge in [-0.3, -0.25) is 9.59 Å². The number of rotatable bonds is 8. The van der Waals surface area contributed by atoms with Crippen LogP contribution in [0.4, 0.5) is 14.5 Å². The van der Waals surface area contributed by atoms with E-state index in [4.69, 9.17) is 0 Å². The summed E-state index contributed by atoms with van der Waals surface area (Å²) in [6, 6.07) is 7.84. The Labute approximate surface area is 201 Å².